The van der Waals surface area contributed by atoms with E-state index in [1.807, 2.05) is 12.1 Å². The summed E-state index contributed by atoms with van der Waals surface area (Å²) in [7, 11) is 1.23. The summed E-state index contributed by atoms with van der Waals surface area (Å²) in [5.74, 6) is -0.275. The lowest BCUT2D eigenvalue weighted by molar-refractivity contribution is -0.123. The van der Waals surface area contributed by atoms with Crippen molar-refractivity contribution in [3.8, 4) is 5.75 Å². The SMILES string of the molecule is COC(=O)c1ccc(CN2C(=O)N/C(=C\c3cccc(OCc4ccc(Cl)cc4)c3)C2=O)o1. The summed E-state index contributed by atoms with van der Waals surface area (Å²) in [4.78, 5) is 37.6. The van der Waals surface area contributed by atoms with Crippen LogP contribution in [0.4, 0.5) is 4.79 Å². The van der Waals surface area contributed by atoms with Gasteiger partial charge in [0.2, 0.25) is 5.76 Å². The summed E-state index contributed by atoms with van der Waals surface area (Å²) in [6, 6.07) is 16.8. The Kier molecular flexibility index (Phi) is 6.46. The van der Waals surface area contributed by atoms with Crippen LogP contribution in [-0.4, -0.2) is 29.9 Å². The Labute approximate surface area is 194 Å². The van der Waals surface area contributed by atoms with Gasteiger partial charge in [0.05, 0.1) is 13.7 Å². The number of imide groups is 1. The molecule has 3 aromatic rings. The second kappa shape index (κ2) is 9.62. The standard InChI is InChI=1S/C24H19ClN2O6/c1-31-23(29)21-10-9-19(33-21)13-27-22(28)20(26-24(27)30)12-16-3-2-4-18(11-16)32-14-15-5-7-17(25)8-6-15/h2-12H,13-14H2,1H3,(H,26,30)/b20-12-. The van der Waals surface area contributed by atoms with Crippen LogP contribution in [0.5, 0.6) is 5.75 Å². The van der Waals surface area contributed by atoms with Gasteiger partial charge in [-0.15, -0.1) is 0 Å². The Balaban J connectivity index is 1.43. The van der Waals surface area contributed by atoms with Gasteiger partial charge in [-0.25, -0.2) is 9.59 Å². The van der Waals surface area contributed by atoms with Crippen LogP contribution in [0.1, 0.15) is 27.4 Å². The van der Waals surface area contributed by atoms with Gasteiger partial charge < -0.3 is 19.2 Å². The van der Waals surface area contributed by atoms with Crippen molar-refractivity contribution in [1.29, 1.82) is 0 Å². The summed E-state index contributed by atoms with van der Waals surface area (Å²) in [6.45, 7) is 0.237. The minimum Gasteiger partial charge on any atom is -0.489 e. The van der Waals surface area contributed by atoms with Gasteiger partial charge >= 0.3 is 12.0 Å². The largest absolute Gasteiger partial charge is 0.489 e. The number of urea groups is 1. The molecule has 4 rings (SSSR count). The number of carbonyl (C=O) groups excluding carboxylic acids is 3. The minimum absolute atomic E-state index is 0.00858. The number of benzene rings is 2. The van der Waals surface area contributed by atoms with Crippen molar-refractivity contribution >= 4 is 35.6 Å². The van der Waals surface area contributed by atoms with Crippen molar-refractivity contribution in [1.82, 2.24) is 10.2 Å². The fourth-order valence-electron chi connectivity index (χ4n) is 3.15. The first-order chi connectivity index (χ1) is 15.9. The van der Waals surface area contributed by atoms with Crippen molar-refractivity contribution in [2.75, 3.05) is 7.11 Å². The molecule has 1 aliphatic heterocycles. The molecule has 1 N–H and O–H groups in total. The van der Waals surface area contributed by atoms with E-state index in [0.29, 0.717) is 22.9 Å². The number of amides is 3. The number of nitrogens with zero attached hydrogens (tertiary/aromatic N) is 1. The van der Waals surface area contributed by atoms with Gasteiger partial charge in [-0.3, -0.25) is 9.69 Å². The van der Waals surface area contributed by atoms with Crippen LogP contribution in [0.15, 0.2) is 70.8 Å². The molecule has 0 spiro atoms. The van der Waals surface area contributed by atoms with Gasteiger partial charge in [-0.2, -0.15) is 0 Å². The van der Waals surface area contributed by atoms with E-state index in [4.69, 9.17) is 20.8 Å². The first kappa shape index (κ1) is 22.2. The van der Waals surface area contributed by atoms with Crippen LogP contribution in [-0.2, 0) is 22.7 Å². The fraction of sp³-hybridized carbons (Fsp3) is 0.125. The number of ether oxygens (including phenoxy) is 2. The highest BCUT2D eigenvalue weighted by Gasteiger charge is 2.34. The van der Waals surface area contributed by atoms with Crippen LogP contribution in [0.2, 0.25) is 5.02 Å². The average Bonchev–Trinajstić information content (AvgIpc) is 3.39. The average molecular weight is 467 g/mol. The van der Waals surface area contributed by atoms with Crippen LogP contribution in [0, 0.1) is 0 Å². The third-order valence-corrected chi connectivity index (χ3v) is 5.06. The number of furan rings is 1. The van der Waals surface area contributed by atoms with Crippen LogP contribution >= 0.6 is 11.6 Å². The highest BCUT2D eigenvalue weighted by Crippen LogP contribution is 2.21. The smallest absolute Gasteiger partial charge is 0.373 e. The number of methoxy groups -OCH3 is 1. The van der Waals surface area contributed by atoms with Gasteiger partial charge in [-0.1, -0.05) is 35.9 Å². The summed E-state index contributed by atoms with van der Waals surface area (Å²) in [5.41, 5.74) is 1.76. The Bertz CT molecular complexity index is 1230. The van der Waals surface area contributed by atoms with E-state index in [1.54, 1.807) is 42.5 Å². The zero-order valence-corrected chi connectivity index (χ0v) is 18.3. The molecule has 1 aliphatic rings. The molecule has 2 heterocycles. The Morgan fingerprint density at radius 3 is 2.67 bits per heavy atom. The highest BCUT2D eigenvalue weighted by atomic mass is 35.5. The van der Waals surface area contributed by atoms with Crippen molar-refractivity contribution in [3.63, 3.8) is 0 Å². The predicted molar refractivity (Wildman–Crippen MR) is 119 cm³/mol. The lowest BCUT2D eigenvalue weighted by Crippen LogP contribution is -2.30. The second-order valence-corrected chi connectivity index (χ2v) is 7.56. The third kappa shape index (κ3) is 5.24. The zero-order chi connectivity index (χ0) is 23.4. The molecule has 3 amide bonds. The molecular weight excluding hydrogens is 448 g/mol. The molecule has 1 fully saturated rings. The quantitative estimate of drug-likeness (QED) is 0.315. The number of nitrogens with one attached hydrogen (secondary N) is 1. The molecule has 1 aromatic heterocycles. The summed E-state index contributed by atoms with van der Waals surface area (Å²) in [5, 5.41) is 3.21. The summed E-state index contributed by atoms with van der Waals surface area (Å²) >= 11 is 5.90. The van der Waals surface area contributed by atoms with E-state index in [-0.39, 0.29) is 23.8 Å². The van der Waals surface area contributed by atoms with Crippen LogP contribution in [0.3, 0.4) is 0 Å². The molecule has 0 aliphatic carbocycles. The Morgan fingerprint density at radius 1 is 1.12 bits per heavy atom. The number of esters is 1. The number of hydrogen-bond donors (Lipinski definition) is 1. The first-order valence-electron chi connectivity index (χ1n) is 9.92. The van der Waals surface area contributed by atoms with E-state index < -0.39 is 17.9 Å². The lowest BCUT2D eigenvalue weighted by atomic mass is 10.1. The molecule has 0 atom stereocenters. The molecule has 0 bridgehead atoms. The fourth-order valence-corrected chi connectivity index (χ4v) is 3.28. The maximum Gasteiger partial charge on any atom is 0.373 e. The molecule has 0 saturated carbocycles. The zero-order valence-electron chi connectivity index (χ0n) is 17.5. The maximum atomic E-state index is 12.7. The van der Waals surface area contributed by atoms with E-state index in [2.05, 4.69) is 10.1 Å². The van der Waals surface area contributed by atoms with E-state index in [9.17, 15) is 14.4 Å². The third-order valence-electron chi connectivity index (χ3n) is 4.81. The van der Waals surface area contributed by atoms with Gasteiger partial charge in [0.15, 0.2) is 0 Å². The van der Waals surface area contributed by atoms with Crippen LogP contribution in [0.25, 0.3) is 6.08 Å². The number of carbonyl (C=O) groups is 3. The molecule has 1 saturated heterocycles. The lowest BCUT2D eigenvalue weighted by Gasteiger charge is -2.09. The summed E-state index contributed by atoms with van der Waals surface area (Å²) in [6.07, 6.45) is 1.57. The number of rotatable bonds is 7. The highest BCUT2D eigenvalue weighted by molar-refractivity contribution is 6.30. The van der Waals surface area contributed by atoms with Gasteiger partial charge in [0.25, 0.3) is 5.91 Å². The second-order valence-electron chi connectivity index (χ2n) is 7.12. The van der Waals surface area contributed by atoms with Crippen LogP contribution < -0.4 is 10.1 Å². The number of hydrogen-bond acceptors (Lipinski definition) is 6. The van der Waals surface area contributed by atoms with E-state index in [0.717, 1.165) is 10.5 Å². The van der Waals surface area contributed by atoms with Gasteiger partial charge in [-0.05, 0) is 53.6 Å². The van der Waals surface area contributed by atoms with Gasteiger partial charge in [0.1, 0.15) is 23.8 Å². The Hall–Kier alpha value is -4.04. The van der Waals surface area contributed by atoms with E-state index in [1.165, 1.54) is 19.2 Å². The predicted octanol–water partition coefficient (Wildman–Crippen LogP) is 4.39. The van der Waals surface area contributed by atoms with Crippen molar-refractivity contribution < 1.29 is 28.3 Å². The van der Waals surface area contributed by atoms with Crippen molar-refractivity contribution in [3.05, 3.63) is 94.0 Å². The Morgan fingerprint density at radius 2 is 1.91 bits per heavy atom. The van der Waals surface area contributed by atoms with Crippen molar-refractivity contribution in [2.45, 2.75) is 13.2 Å². The molecule has 168 valence electrons. The normalized spacial score (nSPS) is 14.5. The minimum atomic E-state index is -0.641. The maximum absolute atomic E-state index is 12.7. The molecule has 8 nitrogen and oxygen atoms in total. The molecule has 33 heavy (non-hydrogen) atoms. The molecule has 0 radical (unpaired) electrons. The number of halogens is 1. The molecule has 0 unspecified atom stereocenters. The molecule has 2 aromatic carbocycles. The topological polar surface area (TPSA) is 98.1 Å². The first-order valence-corrected chi connectivity index (χ1v) is 10.3. The monoisotopic (exact) mass is 466 g/mol. The van der Waals surface area contributed by atoms with Crippen molar-refractivity contribution in [2.24, 2.45) is 0 Å². The molecule has 9 heteroatoms. The van der Waals surface area contributed by atoms with E-state index >= 15 is 0 Å². The summed E-state index contributed by atoms with van der Waals surface area (Å²) < 4.78 is 15.7. The van der Waals surface area contributed by atoms with Gasteiger partial charge in [0, 0.05) is 5.02 Å². The molecular formula is C24H19ClN2O6.